The maximum absolute atomic E-state index is 11.4. The van der Waals surface area contributed by atoms with Crippen LogP contribution in [0.3, 0.4) is 0 Å². The van der Waals surface area contributed by atoms with Crippen molar-refractivity contribution in [1.29, 1.82) is 0 Å². The molecule has 0 aliphatic carbocycles. The van der Waals surface area contributed by atoms with Gasteiger partial charge >= 0.3 is 0 Å². The number of methoxy groups -OCH3 is 1. The first-order chi connectivity index (χ1) is 9.47. The van der Waals surface area contributed by atoms with Gasteiger partial charge in [-0.2, -0.15) is 0 Å². The Morgan fingerprint density at radius 2 is 2.20 bits per heavy atom. The number of nitrogens with two attached hydrogens (primary N) is 1. The fourth-order valence-electron chi connectivity index (χ4n) is 1.79. The van der Waals surface area contributed by atoms with Gasteiger partial charge in [0.05, 0.1) is 12.1 Å². The highest BCUT2D eigenvalue weighted by atomic mass is 35.5. The molecule has 0 fully saturated rings. The number of rotatable bonds is 7. The van der Waals surface area contributed by atoms with E-state index in [9.17, 15) is 4.79 Å². The van der Waals surface area contributed by atoms with E-state index in [2.05, 4.69) is 5.32 Å². The number of hydrogen-bond acceptors (Lipinski definition) is 4. The van der Waals surface area contributed by atoms with E-state index in [1.807, 2.05) is 19.9 Å². The van der Waals surface area contributed by atoms with Gasteiger partial charge in [0.1, 0.15) is 0 Å². The number of carbonyl (C=O) groups excluding carboxylic acids is 1. The van der Waals surface area contributed by atoms with Crippen LogP contribution in [-0.2, 0) is 11.2 Å². The lowest BCUT2D eigenvalue weighted by atomic mass is 10.1. The third kappa shape index (κ3) is 4.90. The van der Waals surface area contributed by atoms with Gasteiger partial charge in [-0.3, -0.25) is 4.79 Å². The van der Waals surface area contributed by atoms with E-state index >= 15 is 0 Å². The smallest absolute Gasteiger partial charge is 0.257 e. The summed E-state index contributed by atoms with van der Waals surface area (Å²) in [5.41, 5.74) is 6.73. The summed E-state index contributed by atoms with van der Waals surface area (Å²) in [7, 11) is 1.53. The summed E-state index contributed by atoms with van der Waals surface area (Å²) in [6.45, 7) is 4.21. The Kier molecular flexibility index (Phi) is 6.61. The van der Waals surface area contributed by atoms with Crippen LogP contribution in [0.5, 0.6) is 11.5 Å². The molecule has 1 rings (SSSR count). The molecular weight excluding hydrogens is 280 g/mol. The molecule has 20 heavy (non-hydrogen) atoms. The van der Waals surface area contributed by atoms with Crippen molar-refractivity contribution < 1.29 is 14.3 Å². The molecule has 0 heterocycles. The van der Waals surface area contributed by atoms with E-state index in [0.29, 0.717) is 29.5 Å². The number of ether oxygens (including phenoxy) is 2. The number of hydrogen-bond donors (Lipinski definition) is 2. The molecule has 0 saturated carbocycles. The first kappa shape index (κ1) is 16.6. The average molecular weight is 301 g/mol. The van der Waals surface area contributed by atoms with Crippen LogP contribution < -0.4 is 20.5 Å². The summed E-state index contributed by atoms with van der Waals surface area (Å²) < 4.78 is 10.7. The van der Waals surface area contributed by atoms with E-state index < -0.39 is 0 Å². The first-order valence-electron chi connectivity index (χ1n) is 6.49. The molecule has 0 aliphatic rings. The van der Waals surface area contributed by atoms with Crippen molar-refractivity contribution in [3.8, 4) is 11.5 Å². The molecule has 1 aromatic carbocycles. The van der Waals surface area contributed by atoms with Crippen molar-refractivity contribution in [3.05, 3.63) is 22.7 Å². The molecule has 0 radical (unpaired) electrons. The molecule has 0 aliphatic heterocycles. The second-order valence-corrected chi connectivity index (χ2v) is 4.94. The minimum atomic E-state index is -0.203. The lowest BCUT2D eigenvalue weighted by Gasteiger charge is -2.14. The summed E-state index contributed by atoms with van der Waals surface area (Å²) in [5, 5.41) is 3.05. The predicted octanol–water partition coefficient (Wildman–Crippen LogP) is 1.75. The Labute approximate surface area is 124 Å². The summed E-state index contributed by atoms with van der Waals surface area (Å²) >= 11 is 6.18. The van der Waals surface area contributed by atoms with Crippen molar-refractivity contribution in [1.82, 2.24) is 5.32 Å². The summed E-state index contributed by atoms with van der Waals surface area (Å²) in [6, 6.07) is 3.63. The molecule has 6 heteroatoms. The van der Waals surface area contributed by atoms with Gasteiger partial charge in [-0.15, -0.1) is 0 Å². The van der Waals surface area contributed by atoms with Crippen LogP contribution in [-0.4, -0.2) is 32.2 Å². The number of nitrogens with one attached hydrogen (secondary N) is 1. The SMILES string of the molecule is CCNC(=O)COc1c(Cl)cc(CC(C)N)cc1OC. The Hall–Kier alpha value is -1.46. The van der Waals surface area contributed by atoms with Crippen LogP contribution >= 0.6 is 11.6 Å². The molecule has 0 bridgehead atoms. The molecular formula is C14H21ClN2O3. The molecule has 1 atom stereocenters. The lowest BCUT2D eigenvalue weighted by molar-refractivity contribution is -0.122. The topological polar surface area (TPSA) is 73.6 Å². The molecule has 112 valence electrons. The Morgan fingerprint density at radius 3 is 2.75 bits per heavy atom. The summed E-state index contributed by atoms with van der Waals surface area (Å²) in [4.78, 5) is 11.4. The molecule has 1 aromatic rings. The van der Waals surface area contributed by atoms with E-state index in [4.69, 9.17) is 26.8 Å². The molecule has 0 aromatic heterocycles. The van der Waals surface area contributed by atoms with E-state index in [1.54, 1.807) is 6.07 Å². The Bertz CT molecular complexity index is 464. The van der Waals surface area contributed by atoms with Gasteiger partial charge in [0, 0.05) is 12.6 Å². The van der Waals surface area contributed by atoms with E-state index in [0.717, 1.165) is 5.56 Å². The zero-order valence-electron chi connectivity index (χ0n) is 12.0. The summed E-state index contributed by atoms with van der Waals surface area (Å²) in [6.07, 6.45) is 0.687. The molecule has 1 unspecified atom stereocenters. The number of carbonyl (C=O) groups is 1. The third-order valence-electron chi connectivity index (χ3n) is 2.57. The van der Waals surface area contributed by atoms with Gasteiger partial charge in [0.25, 0.3) is 5.91 Å². The minimum absolute atomic E-state index is 0.0258. The molecule has 5 nitrogen and oxygen atoms in total. The molecule has 0 saturated heterocycles. The summed E-state index contributed by atoms with van der Waals surface area (Å²) in [5.74, 6) is 0.663. The van der Waals surface area contributed by atoms with E-state index in [-0.39, 0.29) is 18.6 Å². The Balaban J connectivity index is 2.87. The fourth-order valence-corrected chi connectivity index (χ4v) is 2.08. The maximum Gasteiger partial charge on any atom is 0.257 e. The van der Waals surface area contributed by atoms with Crippen molar-refractivity contribution in [2.24, 2.45) is 5.73 Å². The van der Waals surface area contributed by atoms with Crippen LogP contribution in [0.4, 0.5) is 0 Å². The normalized spacial score (nSPS) is 11.8. The van der Waals surface area contributed by atoms with Gasteiger partial charge in [0.15, 0.2) is 18.1 Å². The van der Waals surface area contributed by atoms with Crippen LogP contribution in [0.2, 0.25) is 5.02 Å². The van der Waals surface area contributed by atoms with Crippen molar-refractivity contribution in [2.45, 2.75) is 26.3 Å². The zero-order chi connectivity index (χ0) is 15.1. The second-order valence-electron chi connectivity index (χ2n) is 4.53. The molecule has 3 N–H and O–H groups in total. The fraction of sp³-hybridized carbons (Fsp3) is 0.500. The van der Waals surface area contributed by atoms with Crippen LogP contribution in [0.25, 0.3) is 0 Å². The van der Waals surface area contributed by atoms with E-state index in [1.165, 1.54) is 7.11 Å². The minimum Gasteiger partial charge on any atom is -0.493 e. The van der Waals surface area contributed by atoms with Gasteiger partial charge in [0.2, 0.25) is 0 Å². The monoisotopic (exact) mass is 300 g/mol. The maximum atomic E-state index is 11.4. The third-order valence-corrected chi connectivity index (χ3v) is 2.85. The standard InChI is InChI=1S/C14H21ClN2O3/c1-4-17-13(18)8-20-14-11(15)6-10(5-9(2)16)7-12(14)19-3/h6-7,9H,4-5,8,16H2,1-3H3,(H,17,18). The van der Waals surface area contributed by atoms with Gasteiger partial charge in [-0.25, -0.2) is 0 Å². The quantitative estimate of drug-likeness (QED) is 0.804. The highest BCUT2D eigenvalue weighted by Gasteiger charge is 2.14. The molecule has 1 amide bonds. The van der Waals surface area contributed by atoms with Gasteiger partial charge in [-0.05, 0) is 38.0 Å². The average Bonchev–Trinajstić information content (AvgIpc) is 2.36. The zero-order valence-corrected chi connectivity index (χ0v) is 12.8. The van der Waals surface area contributed by atoms with Crippen molar-refractivity contribution in [3.63, 3.8) is 0 Å². The Morgan fingerprint density at radius 1 is 1.50 bits per heavy atom. The highest BCUT2D eigenvalue weighted by Crippen LogP contribution is 2.36. The molecule has 0 spiro atoms. The van der Waals surface area contributed by atoms with Crippen molar-refractivity contribution in [2.75, 3.05) is 20.3 Å². The number of amides is 1. The van der Waals surface area contributed by atoms with Crippen LogP contribution in [0.1, 0.15) is 19.4 Å². The number of halogens is 1. The van der Waals surface area contributed by atoms with Crippen LogP contribution in [0.15, 0.2) is 12.1 Å². The largest absolute Gasteiger partial charge is 0.493 e. The van der Waals surface area contributed by atoms with Gasteiger partial charge in [-0.1, -0.05) is 11.6 Å². The van der Waals surface area contributed by atoms with Gasteiger partial charge < -0.3 is 20.5 Å². The van der Waals surface area contributed by atoms with Crippen LogP contribution in [0, 0.1) is 0 Å². The van der Waals surface area contributed by atoms with Crippen molar-refractivity contribution >= 4 is 17.5 Å². The predicted molar refractivity (Wildman–Crippen MR) is 79.5 cm³/mol. The lowest BCUT2D eigenvalue weighted by Crippen LogP contribution is -2.28. The number of benzene rings is 1. The number of likely N-dealkylation sites (N-methyl/N-ethyl adjacent to an activating group) is 1. The second kappa shape index (κ2) is 7.97. The first-order valence-corrected chi connectivity index (χ1v) is 6.87. The highest BCUT2D eigenvalue weighted by molar-refractivity contribution is 6.32.